The standard InChI is InChI=1S/C20H24O4/c1-18-10-15(13-6-9-22-11-13)24-19(18,2)7-8-20-12-23-17(21)14(20)4-3-5-16(18)20/h4,6,9,11,15-16H,3,5,7-8,10,12H2,1-2H3/t15-,16-,18-,19+,20-/m1/s1. The van der Waals surface area contributed by atoms with Crippen molar-refractivity contribution in [1.29, 1.82) is 0 Å². The van der Waals surface area contributed by atoms with Crippen LogP contribution in [-0.4, -0.2) is 18.2 Å². The Labute approximate surface area is 142 Å². The number of carbonyl (C=O) groups excluding carboxylic acids is 1. The highest BCUT2D eigenvalue weighted by atomic mass is 16.5. The van der Waals surface area contributed by atoms with Crippen molar-refractivity contribution in [2.75, 3.05) is 6.61 Å². The van der Waals surface area contributed by atoms with Crippen molar-refractivity contribution in [3.8, 4) is 0 Å². The lowest BCUT2D eigenvalue weighted by atomic mass is 9.46. The maximum Gasteiger partial charge on any atom is 0.334 e. The van der Waals surface area contributed by atoms with Gasteiger partial charge in [-0.3, -0.25) is 0 Å². The van der Waals surface area contributed by atoms with Crippen molar-refractivity contribution in [3.05, 3.63) is 35.8 Å². The first-order valence-corrected chi connectivity index (χ1v) is 9.06. The SMILES string of the molecule is C[C@]12CC[C@@]34COC(=O)C3=CCC[C@@H]4[C@@]1(C)C[C@H](c1ccoc1)O2. The van der Waals surface area contributed by atoms with E-state index in [0.29, 0.717) is 12.5 Å². The Morgan fingerprint density at radius 3 is 2.92 bits per heavy atom. The molecule has 5 rings (SSSR count). The first kappa shape index (κ1) is 14.8. The molecule has 0 aromatic carbocycles. The number of ether oxygens (including phenoxy) is 2. The van der Waals surface area contributed by atoms with Crippen molar-refractivity contribution in [3.63, 3.8) is 0 Å². The van der Waals surface area contributed by atoms with Crippen LogP contribution >= 0.6 is 0 Å². The quantitative estimate of drug-likeness (QED) is 0.726. The predicted octanol–water partition coefficient (Wildman–Crippen LogP) is 4.18. The molecule has 0 N–H and O–H groups in total. The van der Waals surface area contributed by atoms with Crippen LogP contribution in [0.4, 0.5) is 0 Å². The zero-order valence-corrected chi connectivity index (χ0v) is 14.3. The second-order valence-electron chi connectivity index (χ2n) is 8.50. The fourth-order valence-corrected chi connectivity index (χ4v) is 6.16. The van der Waals surface area contributed by atoms with Gasteiger partial charge < -0.3 is 13.9 Å². The Hall–Kier alpha value is -1.55. The molecule has 0 bridgehead atoms. The van der Waals surface area contributed by atoms with Gasteiger partial charge >= 0.3 is 5.97 Å². The van der Waals surface area contributed by atoms with Crippen LogP contribution in [0, 0.1) is 16.7 Å². The number of cyclic esters (lactones) is 1. The molecule has 1 saturated carbocycles. The maximum atomic E-state index is 12.3. The summed E-state index contributed by atoms with van der Waals surface area (Å²) >= 11 is 0. The fraction of sp³-hybridized carbons (Fsp3) is 0.650. The summed E-state index contributed by atoms with van der Waals surface area (Å²) in [6, 6.07) is 2.01. The summed E-state index contributed by atoms with van der Waals surface area (Å²) < 4.78 is 17.4. The van der Waals surface area contributed by atoms with Crippen LogP contribution in [0.15, 0.2) is 34.7 Å². The first-order chi connectivity index (χ1) is 11.5. The Bertz CT molecular complexity index is 720. The van der Waals surface area contributed by atoms with Crippen LogP contribution in [0.3, 0.4) is 0 Å². The number of esters is 1. The van der Waals surface area contributed by atoms with Gasteiger partial charge in [-0.05, 0) is 51.0 Å². The summed E-state index contributed by atoms with van der Waals surface area (Å²) in [5.74, 6) is 0.351. The molecule has 0 radical (unpaired) electrons. The number of allylic oxidation sites excluding steroid dienone is 1. The molecule has 2 aliphatic carbocycles. The van der Waals surface area contributed by atoms with Crippen LogP contribution in [-0.2, 0) is 14.3 Å². The Balaban J connectivity index is 1.58. The number of hydrogen-bond acceptors (Lipinski definition) is 4. The van der Waals surface area contributed by atoms with Crippen LogP contribution < -0.4 is 0 Å². The molecule has 24 heavy (non-hydrogen) atoms. The summed E-state index contributed by atoms with van der Waals surface area (Å²) in [4.78, 5) is 12.3. The molecule has 2 aliphatic heterocycles. The van der Waals surface area contributed by atoms with E-state index in [4.69, 9.17) is 13.9 Å². The molecular weight excluding hydrogens is 304 g/mol. The zero-order chi connectivity index (χ0) is 16.6. The normalized spacial score (nSPS) is 46.8. The average Bonchev–Trinajstić information content (AvgIpc) is 3.25. The zero-order valence-electron chi connectivity index (χ0n) is 14.3. The summed E-state index contributed by atoms with van der Waals surface area (Å²) in [6.07, 6.45) is 10.8. The van der Waals surface area contributed by atoms with E-state index < -0.39 is 0 Å². The van der Waals surface area contributed by atoms with E-state index in [9.17, 15) is 4.79 Å². The third-order valence-electron chi connectivity index (χ3n) is 7.64. The lowest BCUT2D eigenvalue weighted by molar-refractivity contribution is -0.152. The highest BCUT2D eigenvalue weighted by Gasteiger charge is 2.68. The minimum atomic E-state index is -0.154. The van der Waals surface area contributed by atoms with E-state index >= 15 is 0 Å². The molecule has 4 nitrogen and oxygen atoms in total. The van der Waals surface area contributed by atoms with Gasteiger partial charge in [-0.1, -0.05) is 13.0 Å². The molecule has 1 aromatic heterocycles. The number of fused-ring (bicyclic) bond motifs is 2. The van der Waals surface area contributed by atoms with Gasteiger partial charge in [-0.2, -0.15) is 0 Å². The maximum absolute atomic E-state index is 12.3. The van der Waals surface area contributed by atoms with Crippen molar-refractivity contribution < 1.29 is 18.7 Å². The van der Waals surface area contributed by atoms with Crippen molar-refractivity contribution in [1.82, 2.24) is 0 Å². The highest BCUT2D eigenvalue weighted by molar-refractivity contribution is 5.92. The van der Waals surface area contributed by atoms with Crippen LogP contribution in [0.25, 0.3) is 0 Å². The van der Waals surface area contributed by atoms with Gasteiger partial charge in [-0.25, -0.2) is 4.79 Å². The Morgan fingerprint density at radius 1 is 1.25 bits per heavy atom. The smallest absolute Gasteiger partial charge is 0.334 e. The number of hydrogen-bond donors (Lipinski definition) is 0. The van der Waals surface area contributed by atoms with E-state index in [2.05, 4.69) is 19.9 Å². The fourth-order valence-electron chi connectivity index (χ4n) is 6.16. The lowest BCUT2D eigenvalue weighted by Crippen LogP contribution is -2.57. The second-order valence-corrected chi connectivity index (χ2v) is 8.50. The summed E-state index contributed by atoms with van der Waals surface area (Å²) in [6.45, 7) is 5.21. The minimum Gasteiger partial charge on any atom is -0.472 e. The van der Waals surface area contributed by atoms with Gasteiger partial charge in [0, 0.05) is 22.0 Å². The van der Waals surface area contributed by atoms with E-state index in [1.807, 2.05) is 6.07 Å². The number of carbonyl (C=O) groups is 1. The molecular formula is C20H24O4. The van der Waals surface area contributed by atoms with Crippen LogP contribution in [0.5, 0.6) is 0 Å². The van der Waals surface area contributed by atoms with E-state index in [1.165, 1.54) is 0 Å². The summed E-state index contributed by atoms with van der Waals surface area (Å²) in [5.41, 5.74) is 1.89. The van der Waals surface area contributed by atoms with Gasteiger partial charge in [0.15, 0.2) is 0 Å². The lowest BCUT2D eigenvalue weighted by Gasteiger charge is -2.57. The third-order valence-corrected chi connectivity index (χ3v) is 7.64. The van der Waals surface area contributed by atoms with Gasteiger partial charge in [0.2, 0.25) is 0 Å². The van der Waals surface area contributed by atoms with Crippen molar-refractivity contribution >= 4 is 5.97 Å². The van der Waals surface area contributed by atoms with Gasteiger partial charge in [0.1, 0.15) is 6.61 Å². The first-order valence-electron chi connectivity index (χ1n) is 9.06. The topological polar surface area (TPSA) is 48.7 Å². The molecule has 0 amide bonds. The van der Waals surface area contributed by atoms with E-state index in [-0.39, 0.29) is 28.5 Å². The predicted molar refractivity (Wildman–Crippen MR) is 87.1 cm³/mol. The Morgan fingerprint density at radius 2 is 2.12 bits per heavy atom. The van der Waals surface area contributed by atoms with E-state index in [0.717, 1.165) is 43.2 Å². The average molecular weight is 328 g/mol. The Kier molecular flexibility index (Phi) is 2.79. The molecule has 3 heterocycles. The van der Waals surface area contributed by atoms with Gasteiger partial charge in [0.25, 0.3) is 0 Å². The van der Waals surface area contributed by atoms with Crippen molar-refractivity contribution in [2.24, 2.45) is 16.7 Å². The monoisotopic (exact) mass is 328 g/mol. The molecule has 4 aliphatic rings. The van der Waals surface area contributed by atoms with E-state index in [1.54, 1.807) is 12.5 Å². The molecule has 1 aromatic rings. The largest absolute Gasteiger partial charge is 0.472 e. The minimum absolute atomic E-state index is 0.0423. The number of furan rings is 1. The molecule has 1 spiro atoms. The third kappa shape index (κ3) is 1.60. The van der Waals surface area contributed by atoms with Crippen LogP contribution in [0.1, 0.15) is 57.6 Å². The summed E-state index contributed by atoms with van der Waals surface area (Å²) in [5, 5.41) is 0. The second kappa shape index (κ2) is 4.54. The summed E-state index contributed by atoms with van der Waals surface area (Å²) in [7, 11) is 0. The molecule has 3 fully saturated rings. The molecule has 2 saturated heterocycles. The molecule has 128 valence electrons. The van der Waals surface area contributed by atoms with Crippen molar-refractivity contribution in [2.45, 2.75) is 57.7 Å². The molecule has 4 heteroatoms. The highest BCUT2D eigenvalue weighted by Crippen LogP contribution is 2.69. The van der Waals surface area contributed by atoms with Gasteiger partial charge in [0.05, 0.1) is 24.2 Å². The van der Waals surface area contributed by atoms with Crippen LogP contribution in [0.2, 0.25) is 0 Å². The molecule has 0 unspecified atom stereocenters. The molecule has 5 atom stereocenters. The number of rotatable bonds is 1. The van der Waals surface area contributed by atoms with Gasteiger partial charge in [-0.15, -0.1) is 0 Å².